The number of aromatic nitrogens is 1. The summed E-state index contributed by atoms with van der Waals surface area (Å²) < 4.78 is 5.71. The molecule has 0 unspecified atom stereocenters. The molecule has 2 N–H and O–H groups in total. The average Bonchev–Trinajstić information content (AvgIpc) is 3.68. The number of nitrogens with one attached hydrogen (secondary N) is 2. The minimum atomic E-state index is -0.322. The SMILES string of the molecule is CN[C@@H](C)C(=O)CC[C@H](C(=O)N1CC[C@H]2C(=CC3CCCCC3)C[C@H](c3c[nH]c4ccccc34)[C@H]21)[C@@H](C)OC. The predicted molar refractivity (Wildman–Crippen MR) is 157 cm³/mol. The van der Waals surface area contributed by atoms with Crippen molar-refractivity contribution in [3.8, 4) is 0 Å². The van der Waals surface area contributed by atoms with E-state index in [9.17, 15) is 9.59 Å². The molecule has 3 fully saturated rings. The highest BCUT2D eigenvalue weighted by atomic mass is 16.5. The van der Waals surface area contributed by atoms with E-state index in [1.54, 1.807) is 19.7 Å². The van der Waals surface area contributed by atoms with Crippen LogP contribution in [0.4, 0.5) is 0 Å². The number of fused-ring (bicyclic) bond motifs is 2. The quantitative estimate of drug-likeness (QED) is 0.368. The molecule has 2 saturated carbocycles. The van der Waals surface area contributed by atoms with Gasteiger partial charge in [0, 0.05) is 55.1 Å². The number of likely N-dealkylation sites (tertiary alicyclic amines) is 1. The summed E-state index contributed by atoms with van der Waals surface area (Å²) >= 11 is 0. The van der Waals surface area contributed by atoms with Gasteiger partial charge in [-0.3, -0.25) is 9.59 Å². The van der Waals surface area contributed by atoms with Crippen molar-refractivity contribution >= 4 is 22.6 Å². The van der Waals surface area contributed by atoms with Gasteiger partial charge < -0.3 is 19.9 Å². The fourth-order valence-corrected chi connectivity index (χ4v) is 7.60. The molecule has 0 radical (unpaired) electrons. The third-order valence-electron chi connectivity index (χ3n) is 10.1. The van der Waals surface area contributed by atoms with Gasteiger partial charge in [0.2, 0.25) is 5.91 Å². The average molecular weight is 534 g/mol. The van der Waals surface area contributed by atoms with E-state index in [4.69, 9.17) is 4.74 Å². The Hall–Kier alpha value is -2.44. The van der Waals surface area contributed by atoms with Crippen molar-refractivity contribution in [1.29, 1.82) is 0 Å². The Labute approximate surface area is 233 Å². The second-order valence-electron chi connectivity index (χ2n) is 12.2. The first kappa shape index (κ1) is 28.1. The van der Waals surface area contributed by atoms with Gasteiger partial charge in [-0.1, -0.05) is 49.1 Å². The molecule has 6 heteroatoms. The van der Waals surface area contributed by atoms with Crippen molar-refractivity contribution in [3.63, 3.8) is 0 Å². The number of amides is 1. The molecule has 2 aromatic rings. The van der Waals surface area contributed by atoms with Gasteiger partial charge in [-0.25, -0.2) is 0 Å². The van der Waals surface area contributed by atoms with Crippen LogP contribution in [0.3, 0.4) is 0 Å². The first-order valence-corrected chi connectivity index (χ1v) is 15.2. The summed E-state index contributed by atoms with van der Waals surface area (Å²) in [7, 11) is 3.47. The maximum atomic E-state index is 14.3. The van der Waals surface area contributed by atoms with Crippen LogP contribution in [0, 0.1) is 17.8 Å². The molecule has 3 aliphatic rings. The Kier molecular flexibility index (Phi) is 8.92. The zero-order valence-electron chi connectivity index (χ0n) is 24.2. The van der Waals surface area contributed by atoms with E-state index in [1.807, 2.05) is 13.8 Å². The largest absolute Gasteiger partial charge is 0.381 e. The Balaban J connectivity index is 1.45. The van der Waals surface area contributed by atoms with Gasteiger partial charge in [0.15, 0.2) is 0 Å². The minimum absolute atomic E-state index is 0.146. The lowest BCUT2D eigenvalue weighted by Gasteiger charge is -2.34. The Bertz CT molecular complexity index is 1180. The molecule has 0 bridgehead atoms. The molecule has 2 heterocycles. The maximum Gasteiger partial charge on any atom is 0.228 e. The van der Waals surface area contributed by atoms with Crippen molar-refractivity contribution < 1.29 is 14.3 Å². The van der Waals surface area contributed by atoms with Crippen LogP contribution in [0.1, 0.15) is 83.1 Å². The van der Waals surface area contributed by atoms with E-state index < -0.39 is 0 Å². The summed E-state index contributed by atoms with van der Waals surface area (Å²) in [6, 6.07) is 8.49. The van der Waals surface area contributed by atoms with Crippen molar-refractivity contribution in [1.82, 2.24) is 15.2 Å². The molecular formula is C33H47N3O3. The van der Waals surface area contributed by atoms with Gasteiger partial charge in [0.1, 0.15) is 5.78 Å². The lowest BCUT2D eigenvalue weighted by Crippen LogP contribution is -2.46. The Morgan fingerprint density at radius 1 is 1.13 bits per heavy atom. The van der Waals surface area contributed by atoms with Crippen LogP contribution in [0.15, 0.2) is 42.1 Å². The molecule has 2 aliphatic carbocycles. The number of allylic oxidation sites excluding steroid dienone is 1. The highest BCUT2D eigenvalue weighted by molar-refractivity contribution is 5.86. The van der Waals surface area contributed by atoms with E-state index in [0.717, 1.165) is 24.9 Å². The Morgan fingerprint density at radius 3 is 2.64 bits per heavy atom. The molecular weight excluding hydrogens is 486 g/mol. The number of nitrogens with zero attached hydrogens (tertiary/aromatic N) is 1. The molecule has 5 rings (SSSR count). The topological polar surface area (TPSA) is 74.4 Å². The number of H-pyrrole nitrogens is 1. The number of hydrogen-bond donors (Lipinski definition) is 2. The number of benzene rings is 1. The van der Waals surface area contributed by atoms with Gasteiger partial charge in [-0.15, -0.1) is 0 Å². The van der Waals surface area contributed by atoms with E-state index in [-0.39, 0.29) is 41.7 Å². The number of carbonyl (C=O) groups excluding carboxylic acids is 2. The molecule has 212 valence electrons. The van der Waals surface area contributed by atoms with Crippen molar-refractivity contribution in [2.45, 2.75) is 95.7 Å². The zero-order chi connectivity index (χ0) is 27.5. The van der Waals surface area contributed by atoms with Crippen LogP contribution < -0.4 is 5.32 Å². The molecule has 39 heavy (non-hydrogen) atoms. The lowest BCUT2D eigenvalue weighted by atomic mass is 9.86. The molecule has 0 spiro atoms. The van der Waals surface area contributed by atoms with Gasteiger partial charge in [0.05, 0.1) is 18.1 Å². The van der Waals surface area contributed by atoms with E-state index in [2.05, 4.69) is 51.7 Å². The minimum Gasteiger partial charge on any atom is -0.381 e. The van der Waals surface area contributed by atoms with Crippen molar-refractivity contribution in [3.05, 3.63) is 47.7 Å². The summed E-state index contributed by atoms with van der Waals surface area (Å²) in [5.74, 6) is 1.36. The number of carbonyl (C=O) groups is 2. The lowest BCUT2D eigenvalue weighted by molar-refractivity contribution is -0.141. The first-order valence-electron chi connectivity index (χ1n) is 15.2. The van der Waals surface area contributed by atoms with Gasteiger partial charge in [0.25, 0.3) is 0 Å². The standard InChI is InChI=1S/C33H47N3O3/c1-21(34-3)31(37)15-14-25(22(2)39-4)33(38)36-17-16-26-24(18-23-10-6-5-7-11-23)19-28(32(26)36)29-20-35-30-13-9-8-12-27(29)30/h8-9,12-13,18,20-23,25-26,28,32,34-35H,5-7,10-11,14-17,19H2,1-4H3/t21-,22+,25-,26-,28+,32-/m0/s1. The number of ether oxygens (including phenoxy) is 1. The molecule has 1 aliphatic heterocycles. The zero-order valence-corrected chi connectivity index (χ0v) is 24.2. The second kappa shape index (κ2) is 12.4. The van der Waals surface area contributed by atoms with Crippen LogP contribution in [-0.2, 0) is 14.3 Å². The fraction of sp³-hybridized carbons (Fsp3) is 0.636. The van der Waals surface area contributed by atoms with Crippen LogP contribution in [-0.4, -0.2) is 60.5 Å². The van der Waals surface area contributed by atoms with Crippen molar-refractivity contribution in [2.75, 3.05) is 20.7 Å². The van der Waals surface area contributed by atoms with Crippen molar-refractivity contribution in [2.24, 2.45) is 17.8 Å². The van der Waals surface area contributed by atoms with E-state index >= 15 is 0 Å². The fourth-order valence-electron chi connectivity index (χ4n) is 7.60. The van der Waals surface area contributed by atoms with Gasteiger partial charge >= 0.3 is 0 Å². The number of methoxy groups -OCH3 is 1. The summed E-state index contributed by atoms with van der Waals surface area (Å²) in [5.41, 5.74) is 4.07. The predicted octanol–water partition coefficient (Wildman–Crippen LogP) is 5.99. The number of aromatic amines is 1. The molecule has 6 atom stereocenters. The van der Waals surface area contributed by atoms with Crippen LogP contribution in [0.25, 0.3) is 10.9 Å². The molecule has 1 amide bonds. The van der Waals surface area contributed by atoms with Crippen LogP contribution in [0.5, 0.6) is 0 Å². The summed E-state index contributed by atoms with van der Waals surface area (Å²) in [6.07, 6.45) is 14.2. The van der Waals surface area contributed by atoms with E-state index in [1.165, 1.54) is 43.1 Å². The summed E-state index contributed by atoms with van der Waals surface area (Å²) in [4.78, 5) is 32.6. The highest BCUT2D eigenvalue weighted by Crippen LogP contribution is 2.52. The second-order valence-corrected chi connectivity index (χ2v) is 12.2. The molecule has 1 aromatic carbocycles. The van der Waals surface area contributed by atoms with Gasteiger partial charge in [-0.05, 0) is 70.5 Å². The monoisotopic (exact) mass is 533 g/mol. The maximum absolute atomic E-state index is 14.3. The summed E-state index contributed by atoms with van der Waals surface area (Å²) in [5, 5.41) is 4.31. The third kappa shape index (κ3) is 5.74. The molecule has 1 saturated heterocycles. The first-order chi connectivity index (χ1) is 18.9. The third-order valence-corrected chi connectivity index (χ3v) is 10.1. The highest BCUT2D eigenvalue weighted by Gasteiger charge is 2.50. The van der Waals surface area contributed by atoms with Crippen LogP contribution in [0.2, 0.25) is 0 Å². The van der Waals surface area contributed by atoms with Gasteiger partial charge in [-0.2, -0.15) is 0 Å². The van der Waals surface area contributed by atoms with E-state index in [0.29, 0.717) is 24.7 Å². The number of ketones is 1. The number of hydrogen-bond acceptors (Lipinski definition) is 4. The smallest absolute Gasteiger partial charge is 0.228 e. The summed E-state index contributed by atoms with van der Waals surface area (Å²) in [6.45, 7) is 4.64. The normalized spacial score (nSPS) is 27.1. The number of para-hydroxylation sites is 1. The number of likely N-dealkylation sites (N-methyl/N-ethyl adjacent to an activating group) is 1. The van der Waals surface area contributed by atoms with Crippen LogP contribution >= 0.6 is 0 Å². The molecule has 6 nitrogen and oxygen atoms in total. The molecule has 1 aromatic heterocycles. The Morgan fingerprint density at radius 2 is 1.90 bits per heavy atom. The number of rotatable bonds is 10. The number of Topliss-reactive ketones (excluding diaryl/α,β-unsaturated/α-hetero) is 1.